The molecule has 5 nitrogen and oxygen atoms in total. The fraction of sp³-hybridized carbons (Fsp3) is 0.333. The number of likely N-dealkylation sites (tertiary alicyclic amines) is 1. The van der Waals surface area contributed by atoms with Crippen LogP contribution in [0, 0.1) is 5.92 Å². The number of rotatable bonds is 4. The lowest BCUT2D eigenvalue weighted by molar-refractivity contribution is 0.0808. The highest BCUT2D eigenvalue weighted by molar-refractivity contribution is 9.10. The third-order valence-electron chi connectivity index (χ3n) is 5.12. The Morgan fingerprint density at radius 3 is 2.70 bits per heavy atom. The third-order valence-corrected chi connectivity index (χ3v) is 5.61. The Bertz CT molecular complexity index is 918. The van der Waals surface area contributed by atoms with Crippen molar-refractivity contribution in [2.75, 3.05) is 13.1 Å². The maximum atomic E-state index is 12.3. The van der Waals surface area contributed by atoms with Gasteiger partial charge in [-0.2, -0.15) is 0 Å². The Hall–Kier alpha value is -2.34. The molecule has 1 fully saturated rings. The van der Waals surface area contributed by atoms with Gasteiger partial charge in [-0.1, -0.05) is 46.3 Å². The summed E-state index contributed by atoms with van der Waals surface area (Å²) >= 11 is 3.49. The fourth-order valence-corrected chi connectivity index (χ4v) is 3.92. The zero-order valence-electron chi connectivity index (χ0n) is 15.1. The first-order valence-electron chi connectivity index (χ1n) is 9.25. The Labute approximate surface area is 167 Å². The second-order valence-electron chi connectivity index (χ2n) is 7.00. The van der Waals surface area contributed by atoms with Crippen LogP contribution >= 0.6 is 15.9 Å². The van der Waals surface area contributed by atoms with Gasteiger partial charge in [0.05, 0.1) is 17.4 Å². The lowest BCUT2D eigenvalue weighted by atomic mass is 9.97. The smallest absolute Gasteiger partial charge is 0.410 e. The molecule has 1 amide bonds. The molecule has 0 aliphatic carbocycles. The number of carbonyl (C=O) groups is 1. The van der Waals surface area contributed by atoms with E-state index in [4.69, 9.17) is 4.74 Å². The average molecular weight is 428 g/mol. The molecule has 0 spiro atoms. The van der Waals surface area contributed by atoms with Crippen LogP contribution in [0.2, 0.25) is 0 Å². The monoisotopic (exact) mass is 427 g/mol. The number of amides is 1. The van der Waals surface area contributed by atoms with Crippen molar-refractivity contribution >= 4 is 33.1 Å². The van der Waals surface area contributed by atoms with Crippen LogP contribution in [0.15, 0.2) is 59.3 Å². The molecule has 0 radical (unpaired) electrons. The first-order chi connectivity index (χ1) is 13.2. The number of piperidine rings is 1. The predicted octanol–water partition coefficient (Wildman–Crippen LogP) is 4.85. The molecule has 1 aliphatic rings. The molecule has 3 aromatic rings. The fourth-order valence-electron chi connectivity index (χ4n) is 3.57. The van der Waals surface area contributed by atoms with Crippen LogP contribution in [-0.2, 0) is 17.9 Å². The molecule has 1 saturated heterocycles. The van der Waals surface area contributed by atoms with E-state index in [0.29, 0.717) is 12.5 Å². The molecule has 0 atom stereocenters. The summed E-state index contributed by atoms with van der Waals surface area (Å²) in [5.41, 5.74) is 3.17. The SMILES string of the molecule is O=C(OCc1ccccc1)N1CCC(Cn2cnc3cc(Br)ccc32)CC1. The Balaban J connectivity index is 1.29. The van der Waals surface area contributed by atoms with Crippen molar-refractivity contribution in [3.8, 4) is 0 Å². The van der Waals surface area contributed by atoms with E-state index in [1.54, 1.807) is 0 Å². The number of imidazole rings is 1. The summed E-state index contributed by atoms with van der Waals surface area (Å²) in [7, 11) is 0. The predicted molar refractivity (Wildman–Crippen MR) is 108 cm³/mol. The molecule has 4 rings (SSSR count). The van der Waals surface area contributed by atoms with Crippen molar-refractivity contribution in [1.29, 1.82) is 0 Å². The second kappa shape index (κ2) is 8.13. The van der Waals surface area contributed by atoms with Crippen LogP contribution in [0.4, 0.5) is 4.79 Å². The van der Waals surface area contributed by atoms with Gasteiger partial charge in [0.15, 0.2) is 0 Å². The topological polar surface area (TPSA) is 47.4 Å². The van der Waals surface area contributed by atoms with Crippen LogP contribution in [0.5, 0.6) is 0 Å². The van der Waals surface area contributed by atoms with Crippen LogP contribution in [0.3, 0.4) is 0 Å². The van der Waals surface area contributed by atoms with Gasteiger partial charge in [-0.05, 0) is 42.5 Å². The maximum Gasteiger partial charge on any atom is 0.410 e. The van der Waals surface area contributed by atoms with Gasteiger partial charge in [0.1, 0.15) is 6.61 Å². The van der Waals surface area contributed by atoms with Crippen LogP contribution < -0.4 is 0 Å². The van der Waals surface area contributed by atoms with E-state index in [9.17, 15) is 4.79 Å². The lowest BCUT2D eigenvalue weighted by Crippen LogP contribution is -2.39. The zero-order valence-corrected chi connectivity index (χ0v) is 16.6. The van der Waals surface area contributed by atoms with Gasteiger partial charge in [-0.3, -0.25) is 0 Å². The number of hydrogen-bond acceptors (Lipinski definition) is 3. The first kappa shape index (κ1) is 18.0. The van der Waals surface area contributed by atoms with E-state index in [1.807, 2.05) is 53.7 Å². The summed E-state index contributed by atoms with van der Waals surface area (Å²) in [4.78, 5) is 18.6. The molecular formula is C21H22BrN3O2. The largest absolute Gasteiger partial charge is 0.445 e. The molecule has 140 valence electrons. The average Bonchev–Trinajstić information content (AvgIpc) is 3.09. The first-order valence-corrected chi connectivity index (χ1v) is 10.0. The summed E-state index contributed by atoms with van der Waals surface area (Å²) in [6.07, 6.45) is 3.67. The molecule has 0 N–H and O–H groups in total. The van der Waals surface area contributed by atoms with Gasteiger partial charge in [0.25, 0.3) is 0 Å². The maximum absolute atomic E-state index is 12.3. The van der Waals surface area contributed by atoms with Crippen molar-refractivity contribution in [1.82, 2.24) is 14.5 Å². The second-order valence-corrected chi connectivity index (χ2v) is 7.92. The van der Waals surface area contributed by atoms with Gasteiger partial charge in [-0.15, -0.1) is 0 Å². The van der Waals surface area contributed by atoms with E-state index >= 15 is 0 Å². The van der Waals surface area contributed by atoms with Crippen molar-refractivity contribution in [2.24, 2.45) is 5.92 Å². The summed E-state index contributed by atoms with van der Waals surface area (Å²) in [6.45, 7) is 2.76. The summed E-state index contributed by atoms with van der Waals surface area (Å²) in [6, 6.07) is 16.0. The molecule has 6 heteroatoms. The standard InChI is InChI=1S/C21H22BrN3O2/c22-18-6-7-20-19(12-18)23-15-25(20)13-16-8-10-24(11-9-16)21(26)27-14-17-4-2-1-3-5-17/h1-7,12,15-16H,8-11,13-14H2. The Kier molecular flexibility index (Phi) is 5.43. The lowest BCUT2D eigenvalue weighted by Gasteiger charge is -2.31. The Morgan fingerprint density at radius 2 is 1.93 bits per heavy atom. The minimum Gasteiger partial charge on any atom is -0.445 e. The molecule has 0 bridgehead atoms. The molecule has 1 aliphatic heterocycles. The molecule has 27 heavy (non-hydrogen) atoms. The number of carbonyl (C=O) groups excluding carboxylic acids is 1. The quantitative estimate of drug-likeness (QED) is 0.597. The highest BCUT2D eigenvalue weighted by Crippen LogP contribution is 2.24. The van der Waals surface area contributed by atoms with Crippen LogP contribution in [0.25, 0.3) is 11.0 Å². The van der Waals surface area contributed by atoms with Crippen molar-refractivity contribution in [3.05, 3.63) is 64.9 Å². The minimum absolute atomic E-state index is 0.213. The summed E-state index contributed by atoms with van der Waals surface area (Å²) < 4.78 is 8.71. The number of aromatic nitrogens is 2. The van der Waals surface area contributed by atoms with E-state index < -0.39 is 0 Å². The number of ether oxygens (including phenoxy) is 1. The molecule has 0 saturated carbocycles. The number of hydrogen-bond donors (Lipinski definition) is 0. The van der Waals surface area contributed by atoms with E-state index in [0.717, 1.165) is 53.5 Å². The summed E-state index contributed by atoms with van der Waals surface area (Å²) in [5.74, 6) is 0.546. The molecular weight excluding hydrogens is 406 g/mol. The van der Waals surface area contributed by atoms with Gasteiger partial charge in [0, 0.05) is 24.1 Å². The number of halogens is 1. The highest BCUT2D eigenvalue weighted by atomic mass is 79.9. The molecule has 0 unspecified atom stereocenters. The zero-order chi connectivity index (χ0) is 18.6. The van der Waals surface area contributed by atoms with E-state index in [1.165, 1.54) is 0 Å². The van der Waals surface area contributed by atoms with E-state index in [2.05, 4.69) is 31.5 Å². The van der Waals surface area contributed by atoms with Gasteiger partial charge >= 0.3 is 6.09 Å². The number of nitrogens with zero attached hydrogens (tertiary/aromatic N) is 3. The Morgan fingerprint density at radius 1 is 1.15 bits per heavy atom. The number of benzene rings is 2. The van der Waals surface area contributed by atoms with Crippen molar-refractivity contribution in [2.45, 2.75) is 26.0 Å². The summed E-state index contributed by atoms with van der Waals surface area (Å²) in [5, 5.41) is 0. The van der Waals surface area contributed by atoms with Crippen molar-refractivity contribution in [3.63, 3.8) is 0 Å². The number of fused-ring (bicyclic) bond motifs is 1. The van der Waals surface area contributed by atoms with Gasteiger partial charge in [0.2, 0.25) is 0 Å². The van der Waals surface area contributed by atoms with Crippen LogP contribution in [0.1, 0.15) is 18.4 Å². The van der Waals surface area contributed by atoms with Gasteiger partial charge < -0.3 is 14.2 Å². The highest BCUT2D eigenvalue weighted by Gasteiger charge is 2.24. The minimum atomic E-state index is -0.213. The van der Waals surface area contributed by atoms with E-state index in [-0.39, 0.29) is 6.09 Å². The van der Waals surface area contributed by atoms with Crippen molar-refractivity contribution < 1.29 is 9.53 Å². The molecule has 1 aromatic heterocycles. The van der Waals surface area contributed by atoms with Gasteiger partial charge in [-0.25, -0.2) is 9.78 Å². The normalized spacial score (nSPS) is 15.2. The van der Waals surface area contributed by atoms with Crippen LogP contribution in [-0.4, -0.2) is 33.6 Å². The third kappa shape index (κ3) is 4.33. The molecule has 2 heterocycles. The molecule has 2 aromatic carbocycles.